The van der Waals surface area contributed by atoms with Crippen LogP contribution in [0.3, 0.4) is 0 Å². The van der Waals surface area contributed by atoms with Crippen LogP contribution in [0.2, 0.25) is 0 Å². The van der Waals surface area contributed by atoms with Crippen molar-refractivity contribution in [2.24, 2.45) is 14.1 Å². The molecule has 9 heteroatoms. The summed E-state index contributed by atoms with van der Waals surface area (Å²) in [5, 5.41) is 1.30. The van der Waals surface area contributed by atoms with E-state index >= 15 is 0 Å². The normalized spacial score (nSPS) is 13.1. The highest BCUT2D eigenvalue weighted by Crippen LogP contribution is 2.36. The molecule has 0 bridgehead atoms. The SMILES string of the molecule is Cc1ccc(-n2c(SCc3cc(=O)n(C)c(=O)n3C)nc3sc4c(c3c2=O)CCC4)c(C)c1. The Morgan fingerprint density at radius 2 is 1.85 bits per heavy atom. The van der Waals surface area contributed by atoms with Crippen molar-refractivity contribution in [3.8, 4) is 5.69 Å². The van der Waals surface area contributed by atoms with E-state index in [1.54, 1.807) is 23.0 Å². The van der Waals surface area contributed by atoms with Gasteiger partial charge in [0.2, 0.25) is 0 Å². The molecule has 0 aliphatic heterocycles. The number of aryl methyl sites for hydroxylation is 4. The van der Waals surface area contributed by atoms with Crippen molar-refractivity contribution in [2.75, 3.05) is 0 Å². The lowest BCUT2D eigenvalue weighted by Crippen LogP contribution is -2.37. The maximum Gasteiger partial charge on any atom is 0.330 e. The zero-order valence-electron chi connectivity index (χ0n) is 19.0. The first-order valence-electron chi connectivity index (χ1n) is 10.8. The van der Waals surface area contributed by atoms with Gasteiger partial charge in [0, 0.05) is 36.5 Å². The fraction of sp³-hybridized carbons (Fsp3) is 0.333. The van der Waals surface area contributed by atoms with Gasteiger partial charge in [-0.25, -0.2) is 9.78 Å². The summed E-state index contributed by atoms with van der Waals surface area (Å²) in [5.41, 5.74) is 3.89. The number of nitrogens with zero attached hydrogens (tertiary/aromatic N) is 4. The van der Waals surface area contributed by atoms with E-state index < -0.39 is 0 Å². The number of aromatic nitrogens is 4. The predicted octanol–water partition coefficient (Wildman–Crippen LogP) is 3.24. The second-order valence-electron chi connectivity index (χ2n) is 8.53. The van der Waals surface area contributed by atoms with E-state index in [4.69, 9.17) is 4.98 Å². The van der Waals surface area contributed by atoms with Crippen molar-refractivity contribution < 1.29 is 0 Å². The van der Waals surface area contributed by atoms with Crippen LogP contribution in [-0.4, -0.2) is 18.7 Å². The van der Waals surface area contributed by atoms with E-state index in [-0.39, 0.29) is 16.8 Å². The number of rotatable bonds is 4. The van der Waals surface area contributed by atoms with Gasteiger partial charge >= 0.3 is 5.69 Å². The molecule has 0 atom stereocenters. The zero-order chi connectivity index (χ0) is 23.4. The summed E-state index contributed by atoms with van der Waals surface area (Å²) in [7, 11) is 3.11. The van der Waals surface area contributed by atoms with Gasteiger partial charge in [0.1, 0.15) is 4.83 Å². The molecule has 0 spiro atoms. The third-order valence-electron chi connectivity index (χ3n) is 6.28. The Morgan fingerprint density at radius 1 is 1.06 bits per heavy atom. The molecule has 4 aromatic rings. The lowest BCUT2D eigenvalue weighted by atomic mass is 10.1. The second-order valence-corrected chi connectivity index (χ2v) is 10.6. The quantitative estimate of drug-likeness (QED) is 0.331. The van der Waals surface area contributed by atoms with Gasteiger partial charge in [-0.05, 0) is 50.3 Å². The third-order valence-corrected chi connectivity index (χ3v) is 8.43. The van der Waals surface area contributed by atoms with E-state index in [2.05, 4.69) is 6.07 Å². The van der Waals surface area contributed by atoms with Gasteiger partial charge in [-0.15, -0.1) is 11.3 Å². The predicted molar refractivity (Wildman–Crippen MR) is 133 cm³/mol. The van der Waals surface area contributed by atoms with Crippen molar-refractivity contribution in [1.29, 1.82) is 0 Å². The molecule has 3 heterocycles. The molecular formula is C24H24N4O3S2. The highest BCUT2D eigenvalue weighted by Gasteiger charge is 2.24. The zero-order valence-corrected chi connectivity index (χ0v) is 20.6. The minimum atomic E-state index is -0.372. The van der Waals surface area contributed by atoms with Crippen molar-refractivity contribution in [1.82, 2.24) is 18.7 Å². The fourth-order valence-electron chi connectivity index (χ4n) is 4.45. The Morgan fingerprint density at radius 3 is 2.61 bits per heavy atom. The van der Waals surface area contributed by atoms with Gasteiger partial charge in [-0.1, -0.05) is 29.5 Å². The van der Waals surface area contributed by atoms with Crippen LogP contribution in [0.1, 0.15) is 33.7 Å². The van der Waals surface area contributed by atoms with Crippen LogP contribution < -0.4 is 16.8 Å². The molecule has 0 saturated carbocycles. The molecule has 0 unspecified atom stereocenters. The Bertz CT molecular complexity index is 1610. The Kier molecular flexibility index (Phi) is 5.41. The fourth-order valence-corrected chi connectivity index (χ4v) is 6.78. The first-order chi connectivity index (χ1) is 15.8. The van der Waals surface area contributed by atoms with Crippen molar-refractivity contribution in [2.45, 2.75) is 44.0 Å². The number of thiophene rings is 1. The highest BCUT2D eigenvalue weighted by atomic mass is 32.2. The van der Waals surface area contributed by atoms with E-state index in [9.17, 15) is 14.4 Å². The maximum absolute atomic E-state index is 13.8. The molecular weight excluding hydrogens is 456 g/mol. The Hall–Kier alpha value is -2.91. The molecule has 3 aromatic heterocycles. The molecule has 0 saturated heterocycles. The number of hydrogen-bond donors (Lipinski definition) is 0. The largest absolute Gasteiger partial charge is 0.330 e. The Labute approximate surface area is 198 Å². The summed E-state index contributed by atoms with van der Waals surface area (Å²) in [6.45, 7) is 4.02. The standard InChI is InChI=1S/C24H24N4O3S2/c1-13-8-9-17(14(2)10-13)28-22(30)20-16-6-5-7-18(16)33-21(20)25-23(28)32-12-15-11-19(29)27(4)24(31)26(15)3/h8-11H,5-7,12H2,1-4H3. The summed E-state index contributed by atoms with van der Waals surface area (Å²) < 4.78 is 4.25. The molecule has 170 valence electrons. The third kappa shape index (κ3) is 3.59. The van der Waals surface area contributed by atoms with Crippen molar-refractivity contribution in [3.63, 3.8) is 0 Å². The van der Waals surface area contributed by atoms with E-state index in [0.717, 1.165) is 56.4 Å². The lowest BCUT2D eigenvalue weighted by Gasteiger charge is -2.16. The minimum Gasteiger partial charge on any atom is -0.300 e. The number of hydrogen-bond acceptors (Lipinski definition) is 6. The van der Waals surface area contributed by atoms with Gasteiger partial charge in [0.15, 0.2) is 5.16 Å². The van der Waals surface area contributed by atoms with Crippen LogP contribution in [0.15, 0.2) is 43.8 Å². The average Bonchev–Trinajstić information content (AvgIpc) is 3.36. The molecule has 1 aliphatic carbocycles. The number of benzene rings is 1. The molecule has 0 N–H and O–H groups in total. The van der Waals surface area contributed by atoms with Gasteiger partial charge in [-0.3, -0.25) is 23.3 Å². The van der Waals surface area contributed by atoms with E-state index in [0.29, 0.717) is 16.6 Å². The van der Waals surface area contributed by atoms with E-state index in [1.165, 1.54) is 34.3 Å². The minimum absolute atomic E-state index is 0.0493. The molecule has 33 heavy (non-hydrogen) atoms. The molecule has 0 amide bonds. The first kappa shape index (κ1) is 21.9. The summed E-state index contributed by atoms with van der Waals surface area (Å²) in [6, 6.07) is 7.48. The Balaban J connectivity index is 1.69. The number of fused-ring (bicyclic) bond motifs is 3. The lowest BCUT2D eigenvalue weighted by molar-refractivity contribution is 0.664. The monoisotopic (exact) mass is 480 g/mol. The topological polar surface area (TPSA) is 78.9 Å². The van der Waals surface area contributed by atoms with Gasteiger partial charge in [0.25, 0.3) is 11.1 Å². The highest BCUT2D eigenvalue weighted by molar-refractivity contribution is 7.98. The second kappa shape index (κ2) is 8.14. The summed E-state index contributed by atoms with van der Waals surface area (Å²) >= 11 is 2.98. The molecule has 7 nitrogen and oxygen atoms in total. The smallest absolute Gasteiger partial charge is 0.300 e. The summed E-state index contributed by atoms with van der Waals surface area (Å²) in [4.78, 5) is 45.3. The van der Waals surface area contributed by atoms with Crippen LogP contribution in [0.5, 0.6) is 0 Å². The number of thioether (sulfide) groups is 1. The molecule has 5 rings (SSSR count). The van der Waals surface area contributed by atoms with Gasteiger partial charge in [-0.2, -0.15) is 0 Å². The molecule has 0 fully saturated rings. The van der Waals surface area contributed by atoms with Gasteiger partial charge in [0.05, 0.1) is 11.1 Å². The van der Waals surface area contributed by atoms with Crippen LogP contribution in [-0.2, 0) is 32.7 Å². The maximum atomic E-state index is 13.8. The van der Waals surface area contributed by atoms with E-state index in [1.807, 2.05) is 26.0 Å². The van der Waals surface area contributed by atoms with Crippen LogP contribution in [0.25, 0.3) is 15.9 Å². The van der Waals surface area contributed by atoms with Crippen LogP contribution in [0, 0.1) is 13.8 Å². The van der Waals surface area contributed by atoms with Gasteiger partial charge < -0.3 is 0 Å². The first-order valence-corrected chi connectivity index (χ1v) is 12.6. The summed E-state index contributed by atoms with van der Waals surface area (Å²) in [6.07, 6.45) is 2.99. The van der Waals surface area contributed by atoms with Crippen molar-refractivity contribution in [3.05, 3.63) is 82.7 Å². The average molecular weight is 481 g/mol. The molecule has 0 radical (unpaired) electrons. The summed E-state index contributed by atoms with van der Waals surface area (Å²) in [5.74, 6) is 0.343. The van der Waals surface area contributed by atoms with Crippen LogP contribution >= 0.6 is 23.1 Å². The molecule has 1 aromatic carbocycles. The molecule has 1 aliphatic rings. The van der Waals surface area contributed by atoms with Crippen LogP contribution in [0.4, 0.5) is 0 Å². The van der Waals surface area contributed by atoms with Crippen molar-refractivity contribution >= 4 is 33.3 Å².